The van der Waals surface area contributed by atoms with Crippen molar-refractivity contribution in [1.29, 1.82) is 0 Å². The maximum Gasteiger partial charge on any atom is 0.271 e. The van der Waals surface area contributed by atoms with Crippen molar-refractivity contribution in [2.75, 3.05) is 11.9 Å². The van der Waals surface area contributed by atoms with Crippen LogP contribution in [0.25, 0.3) is 11.1 Å². The first-order chi connectivity index (χ1) is 13.1. The summed E-state index contributed by atoms with van der Waals surface area (Å²) >= 11 is 3.19. The van der Waals surface area contributed by atoms with Crippen LogP contribution in [-0.2, 0) is 13.6 Å². The van der Waals surface area contributed by atoms with Gasteiger partial charge in [-0.2, -0.15) is 4.57 Å². The van der Waals surface area contributed by atoms with Crippen LogP contribution in [0.1, 0.15) is 5.69 Å². The second-order valence-corrected chi connectivity index (χ2v) is 8.34. The third-order valence-corrected chi connectivity index (χ3v) is 7.08. The minimum absolute atomic E-state index is 0.0413. The number of benzene rings is 1. The molecule has 0 unspecified atom stereocenters. The largest absolute Gasteiger partial charge is 0.337 e. The van der Waals surface area contributed by atoms with Crippen LogP contribution in [-0.4, -0.2) is 11.6 Å². The zero-order valence-electron chi connectivity index (χ0n) is 15.3. The molecule has 2 aromatic heterocycles. The lowest BCUT2D eigenvalue weighted by Gasteiger charge is -2.11. The lowest BCUT2D eigenvalue weighted by atomic mass is 10.3. The highest BCUT2D eigenvalue weighted by molar-refractivity contribution is 8.08. The van der Waals surface area contributed by atoms with E-state index in [1.54, 1.807) is 16.3 Å². The molecule has 0 saturated heterocycles. The van der Waals surface area contributed by atoms with Crippen LogP contribution in [0.2, 0.25) is 0 Å². The number of anilines is 1. The Kier molecular flexibility index (Phi) is 4.76. The fraction of sp³-hybridized carbons (Fsp3) is 0.143. The number of rotatable bonds is 3. The van der Waals surface area contributed by atoms with Crippen LogP contribution in [0.4, 0.5) is 5.69 Å². The zero-order chi connectivity index (χ0) is 19.0. The smallest absolute Gasteiger partial charge is 0.271 e. The number of hydrogen-bond acceptors (Lipinski definition) is 4. The highest BCUT2D eigenvalue weighted by atomic mass is 32.2. The van der Waals surface area contributed by atoms with Gasteiger partial charge in [0.25, 0.3) is 5.56 Å². The Morgan fingerprint density at radius 2 is 1.93 bits per heavy atom. The molecular weight excluding hydrogens is 374 g/mol. The van der Waals surface area contributed by atoms with Crippen molar-refractivity contribution in [3.63, 3.8) is 0 Å². The normalized spacial score (nSPS) is 15.9. The number of thiazole rings is 1. The van der Waals surface area contributed by atoms with Gasteiger partial charge in [0.1, 0.15) is 14.2 Å². The monoisotopic (exact) mass is 394 g/mol. The van der Waals surface area contributed by atoms with Gasteiger partial charge < -0.3 is 9.47 Å². The van der Waals surface area contributed by atoms with Crippen LogP contribution < -0.4 is 24.2 Å². The highest BCUT2D eigenvalue weighted by Crippen LogP contribution is 2.44. The standard InChI is InChI=1S/C21H20N3OS2/c1-4-12-24-13-8-7-9-15(24)14-18-23(3)20(25)19(27-18)21-22(2)16-10-5-6-11-17(16)26-21/h4-11,13-14H,1,12H2,2-3H3/q+1/b21-19+. The first kappa shape index (κ1) is 17.8. The van der Waals surface area contributed by atoms with Crippen LogP contribution in [0.5, 0.6) is 0 Å². The van der Waals surface area contributed by atoms with Crippen molar-refractivity contribution >= 4 is 39.9 Å². The average molecular weight is 395 g/mol. The Hall–Kier alpha value is -2.57. The van der Waals surface area contributed by atoms with E-state index in [1.807, 2.05) is 56.7 Å². The highest BCUT2D eigenvalue weighted by Gasteiger charge is 2.24. The summed E-state index contributed by atoms with van der Waals surface area (Å²) in [5.74, 6) is 0. The summed E-state index contributed by atoms with van der Waals surface area (Å²) in [6, 6.07) is 14.3. The van der Waals surface area contributed by atoms with Gasteiger partial charge in [0.2, 0.25) is 5.69 Å². The Bertz CT molecular complexity index is 1210. The summed E-state index contributed by atoms with van der Waals surface area (Å²) in [6.07, 6.45) is 5.95. The predicted octanol–water partition coefficient (Wildman–Crippen LogP) is 2.06. The quantitative estimate of drug-likeness (QED) is 0.503. The number of thioether (sulfide) groups is 1. The molecule has 0 saturated carbocycles. The second-order valence-electron chi connectivity index (χ2n) is 6.28. The molecule has 0 fully saturated rings. The molecule has 1 aliphatic rings. The number of aromatic nitrogens is 2. The van der Waals surface area contributed by atoms with Crippen molar-refractivity contribution in [3.05, 3.63) is 86.6 Å². The summed E-state index contributed by atoms with van der Waals surface area (Å²) < 4.78 is 5.54. The zero-order valence-corrected chi connectivity index (χ0v) is 16.9. The number of hydrogen-bond donors (Lipinski definition) is 0. The van der Waals surface area contributed by atoms with E-state index < -0.39 is 0 Å². The maximum atomic E-state index is 12.9. The SMILES string of the molecule is C=CC[n+]1ccccc1/C=c1\s/c(=C2/Sc3ccccc3N2C)c(=O)n1C. The lowest BCUT2D eigenvalue weighted by Crippen LogP contribution is -2.36. The molecule has 0 N–H and O–H groups in total. The molecule has 1 aromatic carbocycles. The van der Waals surface area contributed by atoms with Crippen molar-refractivity contribution in [3.8, 4) is 0 Å². The molecule has 0 amide bonds. The minimum atomic E-state index is 0.0413. The molecule has 1 aliphatic heterocycles. The van der Waals surface area contributed by atoms with Gasteiger partial charge in [-0.25, -0.2) is 0 Å². The van der Waals surface area contributed by atoms with Gasteiger partial charge in [0.15, 0.2) is 12.7 Å². The Labute approximate surface area is 166 Å². The first-order valence-corrected chi connectivity index (χ1v) is 10.3. The molecular formula is C21H20N3OS2+. The van der Waals surface area contributed by atoms with E-state index in [-0.39, 0.29) is 5.56 Å². The van der Waals surface area contributed by atoms with Gasteiger partial charge >= 0.3 is 0 Å². The van der Waals surface area contributed by atoms with E-state index in [9.17, 15) is 4.79 Å². The van der Waals surface area contributed by atoms with E-state index >= 15 is 0 Å². The molecule has 27 heavy (non-hydrogen) atoms. The molecule has 0 radical (unpaired) electrons. The second kappa shape index (κ2) is 7.21. The first-order valence-electron chi connectivity index (χ1n) is 8.62. The van der Waals surface area contributed by atoms with Gasteiger partial charge in [0.05, 0.1) is 5.69 Å². The van der Waals surface area contributed by atoms with E-state index in [0.717, 1.165) is 32.2 Å². The Balaban J connectivity index is 1.90. The van der Waals surface area contributed by atoms with Crippen molar-refractivity contribution in [2.45, 2.75) is 11.4 Å². The summed E-state index contributed by atoms with van der Waals surface area (Å²) in [5.41, 5.74) is 2.23. The van der Waals surface area contributed by atoms with Crippen molar-refractivity contribution in [2.24, 2.45) is 7.05 Å². The van der Waals surface area contributed by atoms with Crippen LogP contribution >= 0.6 is 23.1 Å². The molecule has 136 valence electrons. The van der Waals surface area contributed by atoms with Gasteiger partial charge in [-0.05, 0) is 24.3 Å². The lowest BCUT2D eigenvalue weighted by molar-refractivity contribution is -0.688. The molecule has 6 heteroatoms. The fourth-order valence-electron chi connectivity index (χ4n) is 3.08. The summed E-state index contributed by atoms with van der Waals surface area (Å²) in [6.45, 7) is 4.55. The van der Waals surface area contributed by atoms with E-state index in [0.29, 0.717) is 0 Å². The van der Waals surface area contributed by atoms with Crippen molar-refractivity contribution < 1.29 is 4.57 Å². The molecule has 0 aliphatic carbocycles. The Morgan fingerprint density at radius 3 is 2.70 bits per heavy atom. The van der Waals surface area contributed by atoms with E-state index in [2.05, 4.69) is 34.3 Å². The van der Waals surface area contributed by atoms with E-state index in [1.165, 1.54) is 16.2 Å². The number of pyridine rings is 1. The number of para-hydroxylation sites is 1. The van der Waals surface area contributed by atoms with Gasteiger partial charge in [-0.3, -0.25) is 4.79 Å². The maximum absolute atomic E-state index is 12.9. The third kappa shape index (κ3) is 3.15. The summed E-state index contributed by atoms with van der Waals surface area (Å²) in [4.78, 5) is 16.2. The molecule has 4 rings (SSSR count). The van der Waals surface area contributed by atoms with Gasteiger partial charge in [0, 0.05) is 37.2 Å². The van der Waals surface area contributed by atoms with Gasteiger partial charge in [-0.15, -0.1) is 11.3 Å². The van der Waals surface area contributed by atoms with Crippen LogP contribution in [0.3, 0.4) is 0 Å². The Morgan fingerprint density at radius 1 is 1.15 bits per heavy atom. The topological polar surface area (TPSA) is 29.1 Å². The minimum Gasteiger partial charge on any atom is -0.337 e. The van der Waals surface area contributed by atoms with Gasteiger partial charge in [-0.1, -0.05) is 30.5 Å². The molecule has 3 heterocycles. The number of fused-ring (bicyclic) bond motifs is 1. The molecule has 0 atom stereocenters. The number of allylic oxidation sites excluding steroid dienone is 1. The molecule has 0 spiro atoms. The van der Waals surface area contributed by atoms with Crippen molar-refractivity contribution in [1.82, 2.24) is 4.57 Å². The van der Waals surface area contributed by atoms with Crippen LogP contribution in [0, 0.1) is 0 Å². The fourth-order valence-corrected chi connectivity index (χ4v) is 5.47. The number of nitrogens with zero attached hydrogens (tertiary/aromatic N) is 3. The average Bonchev–Trinajstić information content (AvgIpc) is 3.15. The van der Waals surface area contributed by atoms with Crippen LogP contribution in [0.15, 0.2) is 71.0 Å². The molecule has 0 bridgehead atoms. The molecule has 3 aromatic rings. The summed E-state index contributed by atoms with van der Waals surface area (Å²) in [7, 11) is 3.86. The predicted molar refractivity (Wildman–Crippen MR) is 113 cm³/mol. The molecule has 4 nitrogen and oxygen atoms in total. The summed E-state index contributed by atoms with van der Waals surface area (Å²) in [5, 5.41) is 0.994. The van der Waals surface area contributed by atoms with E-state index in [4.69, 9.17) is 0 Å². The third-order valence-electron chi connectivity index (χ3n) is 4.54.